The first-order chi connectivity index (χ1) is 5.22. The summed E-state index contributed by atoms with van der Waals surface area (Å²) < 4.78 is 13.6. The molecule has 0 aromatic carbocycles. The van der Waals surface area contributed by atoms with E-state index in [1.165, 1.54) is 0 Å². The van der Waals surface area contributed by atoms with Crippen LogP contribution in [0.1, 0.15) is 13.3 Å². The lowest BCUT2D eigenvalue weighted by Crippen LogP contribution is -2.42. The molecule has 1 heterocycles. The first-order valence-electron chi connectivity index (χ1n) is 3.36. The number of rotatable bonds is 0. The average molecular weight is 168 g/mol. The number of hydrogen-bond acceptors (Lipinski definition) is 4. The maximum atomic E-state index is 9.07. The van der Waals surface area contributed by atoms with Crippen molar-refractivity contribution in [2.45, 2.75) is 31.7 Å². The number of aliphatic hydroxyl groups excluding tert-OH is 2. The van der Waals surface area contributed by atoms with Crippen molar-refractivity contribution < 1.29 is 24.8 Å². The second kappa shape index (κ2) is 5.42. The maximum Gasteiger partial charge on any atom is 0.106 e. The van der Waals surface area contributed by atoms with Crippen LogP contribution in [0.2, 0.25) is 0 Å². The quantitative estimate of drug-likeness (QED) is 0.451. The van der Waals surface area contributed by atoms with Crippen molar-refractivity contribution in [2.24, 2.45) is 0 Å². The molecule has 1 aliphatic heterocycles. The first-order valence-corrected chi connectivity index (χ1v) is 3.36. The molecule has 4 nitrogen and oxygen atoms in total. The third kappa shape index (κ3) is 3.11. The molecule has 1 rings (SSSR count). The minimum atomic E-state index is -0.696. The lowest BCUT2D eigenvalue weighted by atomic mass is 10.0. The van der Waals surface area contributed by atoms with Crippen LogP contribution in [0.4, 0.5) is 4.53 Å². The molecule has 0 aromatic rings. The molecule has 68 valence electrons. The van der Waals surface area contributed by atoms with Crippen molar-refractivity contribution in [3.63, 3.8) is 0 Å². The van der Waals surface area contributed by atoms with E-state index in [9.17, 15) is 0 Å². The van der Waals surface area contributed by atoms with Gasteiger partial charge in [-0.3, -0.25) is 0 Å². The molecule has 3 unspecified atom stereocenters. The van der Waals surface area contributed by atoms with Gasteiger partial charge in [0.2, 0.25) is 0 Å². The molecule has 0 radical (unpaired) electrons. The van der Waals surface area contributed by atoms with Gasteiger partial charge < -0.3 is 14.9 Å². The van der Waals surface area contributed by atoms with E-state index in [0.717, 1.165) is 0 Å². The third-order valence-corrected chi connectivity index (χ3v) is 1.67. The molecule has 0 saturated carbocycles. The van der Waals surface area contributed by atoms with E-state index in [0.29, 0.717) is 13.0 Å². The summed E-state index contributed by atoms with van der Waals surface area (Å²) in [5, 5.41) is 23.6. The van der Waals surface area contributed by atoms with Crippen LogP contribution in [-0.2, 0) is 4.74 Å². The highest BCUT2D eigenvalue weighted by atomic mass is 19.3. The smallest absolute Gasteiger partial charge is 0.106 e. The Hall–Kier alpha value is -0.230. The van der Waals surface area contributed by atoms with E-state index in [1.54, 1.807) is 6.92 Å². The summed E-state index contributed by atoms with van der Waals surface area (Å²) in [6.45, 7) is 2.31. The van der Waals surface area contributed by atoms with Gasteiger partial charge in [-0.1, -0.05) is 4.53 Å². The van der Waals surface area contributed by atoms with Crippen LogP contribution < -0.4 is 0 Å². The van der Waals surface area contributed by atoms with Gasteiger partial charge in [-0.15, -0.1) is 0 Å². The van der Waals surface area contributed by atoms with Crippen LogP contribution in [-0.4, -0.2) is 40.4 Å². The molecule has 0 aliphatic carbocycles. The zero-order valence-corrected chi connectivity index (χ0v) is 6.27. The highest BCUT2D eigenvalue weighted by Crippen LogP contribution is 2.13. The monoisotopic (exact) mass is 168 g/mol. The zero-order chi connectivity index (χ0) is 8.85. The minimum absolute atomic E-state index is 0.214. The summed E-state index contributed by atoms with van der Waals surface area (Å²) in [4.78, 5) is 0. The summed E-state index contributed by atoms with van der Waals surface area (Å²) in [6, 6.07) is 0. The summed E-state index contributed by atoms with van der Waals surface area (Å²) >= 11 is 0. The average Bonchev–Trinajstić information content (AvgIpc) is 2.04. The SMILES string of the molecule is CC1OCCC(O)C1O.OF. The molecule has 3 atom stereocenters. The molecule has 0 aromatic heterocycles. The van der Waals surface area contributed by atoms with E-state index in [2.05, 4.69) is 0 Å². The molecule has 0 bridgehead atoms. The van der Waals surface area contributed by atoms with Crippen molar-refractivity contribution in [1.82, 2.24) is 0 Å². The Kier molecular flexibility index (Phi) is 5.31. The van der Waals surface area contributed by atoms with Gasteiger partial charge in [-0.05, 0) is 13.3 Å². The van der Waals surface area contributed by atoms with Gasteiger partial charge in [0.1, 0.15) is 6.10 Å². The largest absolute Gasteiger partial charge is 0.390 e. The van der Waals surface area contributed by atoms with E-state index in [4.69, 9.17) is 24.8 Å². The third-order valence-electron chi connectivity index (χ3n) is 1.67. The van der Waals surface area contributed by atoms with Gasteiger partial charge in [0.15, 0.2) is 0 Å². The molecule has 1 saturated heterocycles. The summed E-state index contributed by atoms with van der Waals surface area (Å²) in [5.74, 6) is 0. The Labute approximate surface area is 64.1 Å². The first kappa shape index (κ1) is 10.8. The predicted octanol–water partition coefficient (Wildman–Crippen LogP) is -0.620. The Morgan fingerprint density at radius 3 is 2.27 bits per heavy atom. The van der Waals surface area contributed by atoms with E-state index >= 15 is 0 Å². The molecule has 0 spiro atoms. The van der Waals surface area contributed by atoms with Gasteiger partial charge >= 0.3 is 0 Å². The van der Waals surface area contributed by atoms with Crippen LogP contribution in [0, 0.1) is 0 Å². The lowest BCUT2D eigenvalue weighted by molar-refractivity contribution is -0.127. The molecule has 1 fully saturated rings. The molecule has 3 N–H and O–H groups in total. The zero-order valence-electron chi connectivity index (χ0n) is 6.27. The minimum Gasteiger partial charge on any atom is -0.390 e. The highest BCUT2D eigenvalue weighted by Gasteiger charge is 2.27. The summed E-state index contributed by atoms with van der Waals surface area (Å²) in [7, 11) is 0. The van der Waals surface area contributed by atoms with E-state index in [1.807, 2.05) is 0 Å². The van der Waals surface area contributed by atoms with Gasteiger partial charge in [-0.2, -0.15) is 0 Å². The van der Waals surface area contributed by atoms with Crippen LogP contribution in [0.15, 0.2) is 0 Å². The maximum absolute atomic E-state index is 9.07. The van der Waals surface area contributed by atoms with Gasteiger partial charge in [0.25, 0.3) is 0 Å². The number of ether oxygens (including phenoxy) is 1. The van der Waals surface area contributed by atoms with Crippen molar-refractivity contribution in [1.29, 1.82) is 0 Å². The predicted molar refractivity (Wildman–Crippen MR) is 35.4 cm³/mol. The van der Waals surface area contributed by atoms with Crippen LogP contribution in [0.3, 0.4) is 0 Å². The Morgan fingerprint density at radius 2 is 1.91 bits per heavy atom. The Bertz CT molecular complexity index is 90.6. The molecule has 11 heavy (non-hydrogen) atoms. The van der Waals surface area contributed by atoms with Crippen LogP contribution >= 0.6 is 0 Å². The molecular weight excluding hydrogens is 155 g/mol. The molecule has 0 amide bonds. The highest BCUT2D eigenvalue weighted by molar-refractivity contribution is 4.77. The summed E-state index contributed by atoms with van der Waals surface area (Å²) in [5.41, 5.74) is 0. The second-order valence-corrected chi connectivity index (χ2v) is 2.42. The van der Waals surface area contributed by atoms with Crippen LogP contribution in [0.5, 0.6) is 0 Å². The van der Waals surface area contributed by atoms with Gasteiger partial charge in [-0.25, -0.2) is 5.31 Å². The van der Waals surface area contributed by atoms with Gasteiger partial charge in [0.05, 0.1) is 12.2 Å². The number of halogens is 1. The fourth-order valence-electron chi connectivity index (χ4n) is 0.957. The normalized spacial score (nSPS) is 37.4. The van der Waals surface area contributed by atoms with E-state index < -0.39 is 12.2 Å². The number of hydrogen-bond donors (Lipinski definition) is 3. The topological polar surface area (TPSA) is 69.9 Å². The van der Waals surface area contributed by atoms with Crippen molar-refractivity contribution in [3.8, 4) is 0 Å². The van der Waals surface area contributed by atoms with Gasteiger partial charge in [0, 0.05) is 6.61 Å². The second-order valence-electron chi connectivity index (χ2n) is 2.42. The Balaban J connectivity index is 0.000000461. The van der Waals surface area contributed by atoms with Crippen LogP contribution in [0.25, 0.3) is 0 Å². The van der Waals surface area contributed by atoms with Crippen molar-refractivity contribution >= 4 is 0 Å². The van der Waals surface area contributed by atoms with E-state index in [-0.39, 0.29) is 6.10 Å². The lowest BCUT2D eigenvalue weighted by Gasteiger charge is -2.29. The Morgan fingerprint density at radius 1 is 1.36 bits per heavy atom. The summed E-state index contributed by atoms with van der Waals surface area (Å²) in [6.07, 6.45) is -0.952. The fraction of sp³-hybridized carbons (Fsp3) is 1.00. The fourth-order valence-corrected chi connectivity index (χ4v) is 0.957. The number of aliphatic hydroxyl groups is 2. The molecule has 1 aliphatic rings. The molecular formula is C6H13FO4. The standard InChI is InChI=1S/C6H12O3.FHO/c1-4-6(8)5(7)2-3-9-4;1-2/h4-8H,2-3H2,1H3;2H. The molecule has 5 heteroatoms. The van der Waals surface area contributed by atoms with Crippen molar-refractivity contribution in [2.75, 3.05) is 6.61 Å². The van der Waals surface area contributed by atoms with Crippen molar-refractivity contribution in [3.05, 3.63) is 0 Å².